The van der Waals surface area contributed by atoms with Crippen LogP contribution in [-0.4, -0.2) is 20.7 Å². The zero-order chi connectivity index (χ0) is 16.6. The van der Waals surface area contributed by atoms with Gasteiger partial charge in [0, 0.05) is 11.6 Å². The van der Waals surface area contributed by atoms with E-state index in [2.05, 4.69) is 15.4 Å². The first-order valence-corrected chi connectivity index (χ1v) is 6.97. The number of nitrogens with one attached hydrogen (secondary N) is 1. The molecule has 7 heteroatoms. The van der Waals surface area contributed by atoms with Gasteiger partial charge in [0.05, 0.1) is 28.7 Å². The van der Waals surface area contributed by atoms with Gasteiger partial charge in [-0.05, 0) is 25.5 Å². The van der Waals surface area contributed by atoms with E-state index in [0.29, 0.717) is 26.7 Å². The second kappa shape index (κ2) is 5.75. The van der Waals surface area contributed by atoms with E-state index in [9.17, 15) is 13.6 Å². The van der Waals surface area contributed by atoms with Gasteiger partial charge in [-0.15, -0.1) is 0 Å². The molecule has 2 heterocycles. The lowest BCUT2D eigenvalue weighted by atomic mass is 10.0. The lowest BCUT2D eigenvalue weighted by molar-refractivity contribution is 0.0545. The van der Waals surface area contributed by atoms with Gasteiger partial charge in [-0.3, -0.25) is 9.78 Å². The summed E-state index contributed by atoms with van der Waals surface area (Å²) in [5, 5.41) is 6.95. The fourth-order valence-corrected chi connectivity index (χ4v) is 2.47. The minimum absolute atomic E-state index is 0.198. The van der Waals surface area contributed by atoms with Crippen LogP contribution in [0.25, 0.3) is 10.9 Å². The molecule has 1 amide bonds. The van der Waals surface area contributed by atoms with E-state index in [4.69, 9.17) is 0 Å². The largest absolute Gasteiger partial charge is 0.333 e. The second-order valence-electron chi connectivity index (χ2n) is 5.15. The molecule has 3 rings (SSSR count). The van der Waals surface area contributed by atoms with Gasteiger partial charge in [-0.1, -0.05) is 18.2 Å². The molecular weight excluding hydrogens is 302 g/mol. The number of rotatable bonds is 3. The molecular formula is C16H14F2N4O. The number of benzene rings is 1. The molecule has 0 saturated heterocycles. The Morgan fingerprint density at radius 3 is 2.65 bits per heavy atom. The molecule has 0 aliphatic rings. The number of nitrogens with zero attached hydrogens (tertiary/aromatic N) is 3. The Balaban J connectivity index is 2.00. The number of alkyl halides is 2. The molecule has 0 spiro atoms. The van der Waals surface area contributed by atoms with Gasteiger partial charge in [-0.25, -0.2) is 4.68 Å². The molecule has 5 nitrogen and oxygen atoms in total. The van der Waals surface area contributed by atoms with E-state index in [1.165, 1.54) is 13.1 Å². The maximum atomic E-state index is 12.8. The number of carbonyl (C=O) groups is 1. The molecule has 0 bridgehead atoms. The van der Waals surface area contributed by atoms with Gasteiger partial charge in [0.25, 0.3) is 5.91 Å². The van der Waals surface area contributed by atoms with Crippen molar-refractivity contribution in [1.29, 1.82) is 0 Å². The van der Waals surface area contributed by atoms with Gasteiger partial charge >= 0.3 is 6.55 Å². The van der Waals surface area contributed by atoms with Crippen molar-refractivity contribution >= 4 is 22.5 Å². The number of hydrogen-bond donors (Lipinski definition) is 1. The van der Waals surface area contributed by atoms with Gasteiger partial charge in [0.1, 0.15) is 0 Å². The SMILES string of the molecule is Cc1cnc2ccccc2c1C(=O)Nc1cnn(C(F)F)c1C. The summed E-state index contributed by atoms with van der Waals surface area (Å²) in [6.45, 7) is 0.514. The number of aromatic nitrogens is 3. The summed E-state index contributed by atoms with van der Waals surface area (Å²) in [6.07, 6.45) is 2.84. The summed E-state index contributed by atoms with van der Waals surface area (Å²) in [5.41, 5.74) is 2.34. The van der Waals surface area contributed by atoms with Crippen molar-refractivity contribution in [3.63, 3.8) is 0 Å². The molecule has 0 saturated carbocycles. The highest BCUT2D eigenvalue weighted by molar-refractivity contribution is 6.13. The van der Waals surface area contributed by atoms with Gasteiger partial charge in [0.15, 0.2) is 0 Å². The van der Waals surface area contributed by atoms with E-state index >= 15 is 0 Å². The molecule has 0 atom stereocenters. The van der Waals surface area contributed by atoms with Crippen molar-refractivity contribution in [2.24, 2.45) is 0 Å². The minimum Gasteiger partial charge on any atom is -0.319 e. The van der Waals surface area contributed by atoms with Gasteiger partial charge in [0.2, 0.25) is 0 Å². The van der Waals surface area contributed by atoms with Crippen molar-refractivity contribution in [3.05, 3.63) is 53.5 Å². The maximum absolute atomic E-state index is 12.8. The van der Waals surface area contributed by atoms with Crippen LogP contribution in [0.1, 0.15) is 28.2 Å². The quantitative estimate of drug-likeness (QED) is 0.801. The molecule has 23 heavy (non-hydrogen) atoms. The lowest BCUT2D eigenvalue weighted by Gasteiger charge is -2.10. The molecule has 0 unspecified atom stereocenters. The maximum Gasteiger partial charge on any atom is 0.333 e. The zero-order valence-electron chi connectivity index (χ0n) is 12.5. The molecule has 1 N–H and O–H groups in total. The van der Waals surface area contributed by atoms with Crippen LogP contribution in [0.4, 0.5) is 14.5 Å². The van der Waals surface area contributed by atoms with Gasteiger partial charge < -0.3 is 5.32 Å². The summed E-state index contributed by atoms with van der Waals surface area (Å²) in [4.78, 5) is 16.9. The number of para-hydroxylation sites is 1. The first kappa shape index (κ1) is 15.1. The fourth-order valence-electron chi connectivity index (χ4n) is 2.47. The van der Waals surface area contributed by atoms with Crippen molar-refractivity contribution < 1.29 is 13.6 Å². The number of fused-ring (bicyclic) bond motifs is 1. The lowest BCUT2D eigenvalue weighted by Crippen LogP contribution is -2.15. The average molecular weight is 316 g/mol. The van der Waals surface area contributed by atoms with Crippen LogP contribution in [-0.2, 0) is 0 Å². The summed E-state index contributed by atoms with van der Waals surface area (Å²) >= 11 is 0. The molecule has 0 aliphatic heterocycles. The fraction of sp³-hybridized carbons (Fsp3) is 0.188. The number of pyridine rings is 1. The normalized spacial score (nSPS) is 11.2. The molecule has 0 radical (unpaired) electrons. The van der Waals surface area contributed by atoms with Crippen LogP contribution in [0.3, 0.4) is 0 Å². The van der Waals surface area contributed by atoms with Crippen LogP contribution >= 0.6 is 0 Å². The Bertz CT molecular complexity index is 889. The number of anilines is 1. The zero-order valence-corrected chi connectivity index (χ0v) is 12.5. The molecule has 0 fully saturated rings. The number of halogens is 2. The summed E-state index contributed by atoms with van der Waals surface area (Å²) in [7, 11) is 0. The standard InChI is InChI=1S/C16H14F2N4O/c1-9-7-19-12-6-4-3-5-11(12)14(9)15(23)21-13-8-20-22(10(13)2)16(17)18/h3-8,16H,1-2H3,(H,21,23). The third-order valence-electron chi connectivity index (χ3n) is 3.67. The van der Waals surface area contributed by atoms with Crippen LogP contribution in [0, 0.1) is 13.8 Å². The third kappa shape index (κ3) is 2.65. The first-order valence-electron chi connectivity index (χ1n) is 6.97. The Labute approximate surface area is 130 Å². The van der Waals surface area contributed by atoms with Crippen LogP contribution in [0.5, 0.6) is 0 Å². The predicted molar refractivity (Wildman–Crippen MR) is 82.7 cm³/mol. The third-order valence-corrected chi connectivity index (χ3v) is 3.67. The van der Waals surface area contributed by atoms with Crippen molar-refractivity contribution in [1.82, 2.24) is 14.8 Å². The van der Waals surface area contributed by atoms with Crippen molar-refractivity contribution in [3.8, 4) is 0 Å². The van der Waals surface area contributed by atoms with Crippen molar-refractivity contribution in [2.45, 2.75) is 20.4 Å². The number of hydrogen-bond acceptors (Lipinski definition) is 3. The topological polar surface area (TPSA) is 59.8 Å². The predicted octanol–water partition coefficient (Wildman–Crippen LogP) is 3.70. The van der Waals surface area contributed by atoms with E-state index in [0.717, 1.165) is 0 Å². The second-order valence-corrected chi connectivity index (χ2v) is 5.15. The Kier molecular flexibility index (Phi) is 3.77. The summed E-state index contributed by atoms with van der Waals surface area (Å²) in [5.74, 6) is -0.377. The van der Waals surface area contributed by atoms with Crippen LogP contribution in [0.15, 0.2) is 36.7 Å². The van der Waals surface area contributed by atoms with E-state index < -0.39 is 6.55 Å². The summed E-state index contributed by atoms with van der Waals surface area (Å²) in [6, 6.07) is 7.27. The van der Waals surface area contributed by atoms with Crippen LogP contribution in [0.2, 0.25) is 0 Å². The smallest absolute Gasteiger partial charge is 0.319 e. The highest BCUT2D eigenvalue weighted by atomic mass is 19.3. The Morgan fingerprint density at radius 2 is 1.96 bits per heavy atom. The Hall–Kier alpha value is -2.83. The average Bonchev–Trinajstić information content (AvgIpc) is 2.88. The van der Waals surface area contributed by atoms with E-state index in [1.807, 2.05) is 18.2 Å². The monoisotopic (exact) mass is 316 g/mol. The Morgan fingerprint density at radius 1 is 1.22 bits per heavy atom. The molecule has 1 aromatic carbocycles. The summed E-state index contributed by atoms with van der Waals surface area (Å²) < 4.78 is 26.1. The van der Waals surface area contributed by atoms with Gasteiger partial charge in [-0.2, -0.15) is 13.9 Å². The molecule has 3 aromatic rings. The van der Waals surface area contributed by atoms with E-state index in [1.54, 1.807) is 19.2 Å². The number of aryl methyl sites for hydroxylation is 1. The molecule has 2 aromatic heterocycles. The number of carbonyl (C=O) groups excluding carboxylic acids is 1. The highest BCUT2D eigenvalue weighted by Gasteiger charge is 2.18. The molecule has 118 valence electrons. The van der Waals surface area contributed by atoms with Crippen molar-refractivity contribution in [2.75, 3.05) is 5.32 Å². The number of amides is 1. The minimum atomic E-state index is -2.75. The first-order chi connectivity index (χ1) is 11.0. The highest BCUT2D eigenvalue weighted by Crippen LogP contribution is 2.24. The molecule has 0 aliphatic carbocycles. The van der Waals surface area contributed by atoms with E-state index in [-0.39, 0.29) is 17.3 Å². The van der Waals surface area contributed by atoms with Crippen LogP contribution < -0.4 is 5.32 Å².